The largest absolute Gasteiger partial charge is 0.361 e. The molecular weight excluding hydrogens is 332 g/mol. The van der Waals surface area contributed by atoms with E-state index in [1.807, 2.05) is 12.3 Å². The molecule has 1 aliphatic heterocycles. The first kappa shape index (κ1) is 13.8. The number of amides is 1. The lowest BCUT2D eigenvalue weighted by Crippen LogP contribution is -2.17. The summed E-state index contributed by atoms with van der Waals surface area (Å²) >= 11 is 7.93. The van der Waals surface area contributed by atoms with Crippen LogP contribution < -0.4 is 5.32 Å². The normalized spacial score (nSPS) is 16.6. The molecule has 0 unspecified atom stereocenters. The molecule has 0 atom stereocenters. The molecule has 4 rings (SSSR count). The number of aromatic amines is 1. The molecule has 108 valence electrons. The summed E-state index contributed by atoms with van der Waals surface area (Å²) in [5.74, 6) is -0.112. The summed E-state index contributed by atoms with van der Waals surface area (Å²) in [5, 5.41) is 5.93. The fourth-order valence-electron chi connectivity index (χ4n) is 2.36. The second-order valence-electron chi connectivity index (χ2n) is 4.87. The average molecular weight is 342 g/mol. The first-order chi connectivity index (χ1) is 10.7. The monoisotopic (exact) mass is 342 g/mol. The first-order valence-corrected chi connectivity index (χ1v) is 8.70. The number of aromatic nitrogens is 1. The maximum Gasteiger partial charge on any atom is 0.263 e. The first-order valence-electron chi connectivity index (χ1n) is 6.60. The molecule has 1 amide bonds. The number of carbonyl (C=O) groups is 1. The number of nitrogens with one attached hydrogen (secondary N) is 2. The van der Waals surface area contributed by atoms with Crippen LogP contribution in [-0.4, -0.2) is 15.2 Å². The van der Waals surface area contributed by atoms with E-state index in [4.69, 9.17) is 12.2 Å². The summed E-state index contributed by atoms with van der Waals surface area (Å²) in [6.45, 7) is 0. The van der Waals surface area contributed by atoms with Crippen molar-refractivity contribution in [2.75, 3.05) is 0 Å². The van der Waals surface area contributed by atoms with Gasteiger partial charge in [0.05, 0.1) is 4.91 Å². The number of H-pyrrole nitrogens is 1. The van der Waals surface area contributed by atoms with Crippen LogP contribution in [0, 0.1) is 0 Å². The lowest BCUT2D eigenvalue weighted by Gasteiger charge is -1.97. The van der Waals surface area contributed by atoms with Crippen molar-refractivity contribution >= 4 is 62.5 Å². The van der Waals surface area contributed by atoms with Gasteiger partial charge >= 0.3 is 0 Å². The van der Waals surface area contributed by atoms with Gasteiger partial charge in [-0.25, -0.2) is 0 Å². The standard InChI is InChI=1S/C16H10N2OS3/c19-15-14(22-16(20)18-15)7-12-6-11(8-21-12)9-1-2-13-10(5-9)3-4-17-13/h1-8,17H,(H,18,19,20). The SMILES string of the molecule is O=C1NC(=S)SC1=Cc1cc(-c2ccc3[nH]ccc3c2)cs1. The van der Waals surface area contributed by atoms with Crippen molar-refractivity contribution in [3.05, 3.63) is 51.7 Å². The highest BCUT2D eigenvalue weighted by Gasteiger charge is 2.22. The predicted octanol–water partition coefficient (Wildman–Crippen LogP) is 4.39. The van der Waals surface area contributed by atoms with Crippen molar-refractivity contribution in [3.8, 4) is 11.1 Å². The maximum atomic E-state index is 11.7. The number of benzene rings is 1. The quantitative estimate of drug-likeness (QED) is 0.536. The molecule has 6 heteroatoms. The molecule has 1 fully saturated rings. The molecule has 1 aromatic carbocycles. The number of thiocarbonyl (C=S) groups is 1. The third-order valence-corrected chi connectivity index (χ3v) is 5.46. The van der Waals surface area contributed by atoms with Crippen molar-refractivity contribution < 1.29 is 4.79 Å². The van der Waals surface area contributed by atoms with E-state index in [-0.39, 0.29) is 5.91 Å². The Morgan fingerprint density at radius 2 is 2.05 bits per heavy atom. The van der Waals surface area contributed by atoms with Gasteiger partial charge in [-0.05, 0) is 52.2 Å². The molecule has 1 aliphatic rings. The fourth-order valence-corrected chi connectivity index (χ4v) is 4.32. The van der Waals surface area contributed by atoms with Crippen LogP contribution in [0.4, 0.5) is 0 Å². The van der Waals surface area contributed by atoms with Crippen molar-refractivity contribution in [3.63, 3.8) is 0 Å². The molecule has 0 spiro atoms. The molecule has 1 saturated heterocycles. The second kappa shape index (κ2) is 5.39. The molecule has 0 saturated carbocycles. The summed E-state index contributed by atoms with van der Waals surface area (Å²) in [6, 6.07) is 10.5. The van der Waals surface area contributed by atoms with E-state index in [0.29, 0.717) is 9.23 Å². The summed E-state index contributed by atoms with van der Waals surface area (Å²) in [4.78, 5) is 16.6. The van der Waals surface area contributed by atoms with Gasteiger partial charge in [0.25, 0.3) is 5.91 Å². The van der Waals surface area contributed by atoms with E-state index in [1.165, 1.54) is 22.7 Å². The fraction of sp³-hybridized carbons (Fsp3) is 0. The van der Waals surface area contributed by atoms with Gasteiger partial charge in [-0.2, -0.15) is 0 Å². The Morgan fingerprint density at radius 3 is 2.86 bits per heavy atom. The Kier molecular flexibility index (Phi) is 3.37. The number of hydrogen-bond acceptors (Lipinski definition) is 4. The maximum absolute atomic E-state index is 11.7. The number of thioether (sulfide) groups is 1. The van der Waals surface area contributed by atoms with E-state index in [9.17, 15) is 4.79 Å². The molecule has 3 nitrogen and oxygen atoms in total. The van der Waals surface area contributed by atoms with Crippen LogP contribution in [0.15, 0.2) is 46.8 Å². The van der Waals surface area contributed by atoms with Crippen LogP contribution >= 0.6 is 35.3 Å². The minimum absolute atomic E-state index is 0.112. The zero-order valence-electron chi connectivity index (χ0n) is 11.3. The van der Waals surface area contributed by atoms with Crippen LogP contribution in [0.25, 0.3) is 28.1 Å². The van der Waals surface area contributed by atoms with E-state index < -0.39 is 0 Å². The zero-order valence-corrected chi connectivity index (χ0v) is 13.7. The minimum atomic E-state index is -0.112. The highest BCUT2D eigenvalue weighted by Crippen LogP contribution is 2.32. The molecule has 0 bridgehead atoms. The van der Waals surface area contributed by atoms with Crippen LogP contribution in [0.3, 0.4) is 0 Å². The topological polar surface area (TPSA) is 44.9 Å². The highest BCUT2D eigenvalue weighted by molar-refractivity contribution is 8.26. The third kappa shape index (κ3) is 2.49. The van der Waals surface area contributed by atoms with E-state index >= 15 is 0 Å². The Balaban J connectivity index is 1.67. The molecule has 2 N–H and O–H groups in total. The number of rotatable bonds is 2. The van der Waals surface area contributed by atoms with Gasteiger partial charge in [0, 0.05) is 16.6 Å². The molecule has 3 heterocycles. The predicted molar refractivity (Wildman–Crippen MR) is 97.9 cm³/mol. The average Bonchev–Trinajstić information content (AvgIpc) is 3.19. The molecule has 3 aromatic rings. The van der Waals surface area contributed by atoms with Gasteiger partial charge in [0.15, 0.2) is 0 Å². The van der Waals surface area contributed by atoms with Gasteiger partial charge < -0.3 is 10.3 Å². The highest BCUT2D eigenvalue weighted by atomic mass is 32.2. The molecular formula is C16H10N2OS3. The van der Waals surface area contributed by atoms with Crippen LogP contribution in [0.5, 0.6) is 0 Å². The number of carbonyl (C=O) groups excluding carboxylic acids is 1. The minimum Gasteiger partial charge on any atom is -0.361 e. The summed E-state index contributed by atoms with van der Waals surface area (Å²) in [6.07, 6.45) is 3.83. The lowest BCUT2D eigenvalue weighted by molar-refractivity contribution is -0.115. The van der Waals surface area contributed by atoms with Crippen molar-refractivity contribution in [2.24, 2.45) is 0 Å². The van der Waals surface area contributed by atoms with Crippen LogP contribution in [-0.2, 0) is 4.79 Å². The van der Waals surface area contributed by atoms with Crippen LogP contribution in [0.1, 0.15) is 4.88 Å². The molecule has 0 radical (unpaired) electrons. The Morgan fingerprint density at radius 1 is 1.14 bits per heavy atom. The van der Waals surface area contributed by atoms with Crippen molar-refractivity contribution in [1.29, 1.82) is 0 Å². The van der Waals surface area contributed by atoms with Gasteiger partial charge in [-0.15, -0.1) is 11.3 Å². The number of thiophene rings is 1. The van der Waals surface area contributed by atoms with Crippen molar-refractivity contribution in [2.45, 2.75) is 0 Å². The Bertz CT molecular complexity index is 936. The van der Waals surface area contributed by atoms with E-state index in [1.54, 1.807) is 11.3 Å². The summed E-state index contributed by atoms with van der Waals surface area (Å²) < 4.78 is 0.519. The van der Waals surface area contributed by atoms with Gasteiger partial charge in [0.2, 0.25) is 0 Å². The van der Waals surface area contributed by atoms with Crippen molar-refractivity contribution in [1.82, 2.24) is 10.3 Å². The zero-order chi connectivity index (χ0) is 15.1. The molecule has 22 heavy (non-hydrogen) atoms. The lowest BCUT2D eigenvalue weighted by atomic mass is 10.1. The smallest absolute Gasteiger partial charge is 0.263 e. The van der Waals surface area contributed by atoms with E-state index in [2.05, 4.69) is 46.0 Å². The molecule has 2 aromatic heterocycles. The summed E-state index contributed by atoms with van der Waals surface area (Å²) in [7, 11) is 0. The van der Waals surface area contributed by atoms with E-state index in [0.717, 1.165) is 16.0 Å². The molecule has 0 aliphatic carbocycles. The number of fused-ring (bicyclic) bond motifs is 1. The second-order valence-corrected chi connectivity index (χ2v) is 7.53. The van der Waals surface area contributed by atoms with Gasteiger partial charge in [-0.1, -0.05) is 30.0 Å². The Labute approximate surface area is 140 Å². The van der Waals surface area contributed by atoms with Gasteiger partial charge in [0.1, 0.15) is 4.32 Å². The Hall–Kier alpha value is -1.89. The third-order valence-electron chi connectivity index (χ3n) is 3.42. The van der Waals surface area contributed by atoms with Gasteiger partial charge in [-0.3, -0.25) is 4.79 Å². The summed E-state index contributed by atoms with van der Waals surface area (Å²) in [5.41, 5.74) is 3.46. The van der Waals surface area contributed by atoms with Crippen LogP contribution in [0.2, 0.25) is 0 Å². The number of hydrogen-bond donors (Lipinski definition) is 2.